The second kappa shape index (κ2) is 10.4. The van der Waals surface area contributed by atoms with Gasteiger partial charge in [0.1, 0.15) is 11.6 Å². The van der Waals surface area contributed by atoms with Crippen LogP contribution in [0.3, 0.4) is 0 Å². The van der Waals surface area contributed by atoms with E-state index in [4.69, 9.17) is 4.74 Å². The van der Waals surface area contributed by atoms with Crippen LogP contribution in [0.2, 0.25) is 0 Å². The van der Waals surface area contributed by atoms with Gasteiger partial charge in [-0.3, -0.25) is 19.7 Å². The lowest BCUT2D eigenvalue weighted by molar-refractivity contribution is -0.384. The summed E-state index contributed by atoms with van der Waals surface area (Å²) in [6, 6.07) is 12.7. The number of amides is 2. The number of anilines is 2. The van der Waals surface area contributed by atoms with E-state index < -0.39 is 4.92 Å². The number of rotatable bonds is 9. The lowest BCUT2D eigenvalue weighted by atomic mass is 10.2. The molecule has 0 saturated carbocycles. The first-order valence-electron chi connectivity index (χ1n) is 9.35. The van der Waals surface area contributed by atoms with Gasteiger partial charge in [0.25, 0.3) is 5.69 Å². The Morgan fingerprint density at radius 2 is 1.91 bits per heavy atom. The number of nitrogens with zero attached hydrogens (tertiary/aromatic N) is 4. The molecule has 0 aliphatic rings. The highest BCUT2D eigenvalue weighted by Crippen LogP contribution is 2.23. The van der Waals surface area contributed by atoms with Crippen LogP contribution in [0.5, 0.6) is 5.75 Å². The van der Waals surface area contributed by atoms with E-state index in [-0.39, 0.29) is 29.7 Å². The molecule has 32 heavy (non-hydrogen) atoms. The van der Waals surface area contributed by atoms with Gasteiger partial charge in [-0.15, -0.1) is 10.2 Å². The Bertz CT molecular complexity index is 1150. The van der Waals surface area contributed by atoms with Gasteiger partial charge in [-0.25, -0.2) is 0 Å². The number of thioether (sulfide) groups is 1. The number of hydrogen-bond acceptors (Lipinski definition) is 8. The Labute approximate surface area is 187 Å². The Balaban J connectivity index is 1.55. The van der Waals surface area contributed by atoms with Gasteiger partial charge < -0.3 is 19.9 Å². The highest BCUT2D eigenvalue weighted by molar-refractivity contribution is 7.99. The van der Waals surface area contributed by atoms with Crippen molar-refractivity contribution >= 4 is 40.6 Å². The third-order valence-electron chi connectivity index (χ3n) is 4.30. The van der Waals surface area contributed by atoms with Crippen molar-refractivity contribution in [1.82, 2.24) is 14.8 Å². The van der Waals surface area contributed by atoms with Crippen LogP contribution in [-0.2, 0) is 23.1 Å². The third kappa shape index (κ3) is 5.82. The van der Waals surface area contributed by atoms with E-state index in [2.05, 4.69) is 20.8 Å². The molecule has 0 aliphatic heterocycles. The minimum Gasteiger partial charge on any atom is -0.495 e. The number of carbonyl (C=O) groups excluding carboxylic acids is 2. The molecule has 0 unspecified atom stereocenters. The van der Waals surface area contributed by atoms with E-state index in [1.807, 2.05) is 0 Å². The molecule has 0 radical (unpaired) electrons. The Hall–Kier alpha value is -3.93. The molecule has 3 aromatic rings. The maximum absolute atomic E-state index is 12.4. The van der Waals surface area contributed by atoms with E-state index in [1.165, 1.54) is 25.3 Å². The molecule has 0 spiro atoms. The van der Waals surface area contributed by atoms with Gasteiger partial charge >= 0.3 is 0 Å². The highest BCUT2D eigenvalue weighted by Gasteiger charge is 2.16. The number of ether oxygens (including phenoxy) is 1. The van der Waals surface area contributed by atoms with Crippen molar-refractivity contribution in [3.63, 3.8) is 0 Å². The largest absolute Gasteiger partial charge is 0.495 e. The number of hydrogen-bond donors (Lipinski definition) is 2. The van der Waals surface area contributed by atoms with E-state index in [9.17, 15) is 19.7 Å². The Morgan fingerprint density at radius 1 is 1.12 bits per heavy atom. The van der Waals surface area contributed by atoms with E-state index in [0.717, 1.165) is 11.8 Å². The number of carbonyl (C=O) groups is 2. The average Bonchev–Trinajstić information content (AvgIpc) is 3.12. The second-order valence-electron chi connectivity index (χ2n) is 6.53. The van der Waals surface area contributed by atoms with Crippen LogP contribution in [0.4, 0.5) is 17.1 Å². The van der Waals surface area contributed by atoms with Crippen LogP contribution in [0.25, 0.3) is 0 Å². The molecular weight excluding hydrogens is 436 g/mol. The standard InChI is InChI=1S/C20H20N6O5S/c1-25-17(11-18(27)22-15-8-3-4-9-16(15)31-2)23-24-20(25)32-12-19(28)21-13-6-5-7-14(10-13)26(29)30/h3-10H,11-12H2,1-2H3,(H,21,28)(H,22,27). The molecule has 0 fully saturated rings. The zero-order valence-electron chi connectivity index (χ0n) is 17.3. The smallest absolute Gasteiger partial charge is 0.271 e. The fourth-order valence-corrected chi connectivity index (χ4v) is 3.46. The SMILES string of the molecule is COc1ccccc1NC(=O)Cc1nnc(SCC(=O)Nc2cccc([N+](=O)[O-])c2)n1C. The molecule has 0 bridgehead atoms. The van der Waals surface area contributed by atoms with Gasteiger partial charge in [-0.1, -0.05) is 30.0 Å². The molecule has 166 valence electrons. The predicted octanol–water partition coefficient (Wildman–Crippen LogP) is 2.64. The normalized spacial score (nSPS) is 10.4. The van der Waals surface area contributed by atoms with Gasteiger partial charge in [-0.05, 0) is 18.2 Å². The summed E-state index contributed by atoms with van der Waals surface area (Å²) in [6.07, 6.45) is -0.0119. The monoisotopic (exact) mass is 456 g/mol. The summed E-state index contributed by atoms with van der Waals surface area (Å²) in [7, 11) is 3.22. The Kier molecular flexibility index (Phi) is 7.39. The molecule has 2 amide bonds. The summed E-state index contributed by atoms with van der Waals surface area (Å²) in [5.41, 5.74) is 0.769. The number of nitrogens with one attached hydrogen (secondary N) is 2. The first kappa shape index (κ1) is 22.7. The molecule has 12 heteroatoms. The molecule has 2 N–H and O–H groups in total. The summed E-state index contributed by atoms with van der Waals surface area (Å²) in [5.74, 6) is 0.352. The zero-order chi connectivity index (χ0) is 23.1. The molecule has 1 aromatic heterocycles. The third-order valence-corrected chi connectivity index (χ3v) is 5.32. The zero-order valence-corrected chi connectivity index (χ0v) is 18.1. The summed E-state index contributed by atoms with van der Waals surface area (Å²) in [5, 5.41) is 24.7. The summed E-state index contributed by atoms with van der Waals surface area (Å²) in [4.78, 5) is 34.9. The fraction of sp³-hybridized carbons (Fsp3) is 0.200. The van der Waals surface area contributed by atoms with Gasteiger partial charge in [0.2, 0.25) is 11.8 Å². The maximum Gasteiger partial charge on any atom is 0.271 e. The molecule has 0 saturated heterocycles. The van der Waals surface area contributed by atoms with Crippen molar-refractivity contribution in [3.8, 4) is 5.75 Å². The van der Waals surface area contributed by atoms with Crippen LogP contribution in [0.15, 0.2) is 53.7 Å². The molecule has 2 aromatic carbocycles. The van der Waals surface area contributed by atoms with Crippen molar-refractivity contribution in [2.75, 3.05) is 23.5 Å². The van der Waals surface area contributed by atoms with E-state index in [0.29, 0.717) is 28.1 Å². The molecular formula is C20H20N6O5S. The molecule has 3 rings (SSSR count). The molecule has 1 heterocycles. The van der Waals surface area contributed by atoms with Gasteiger partial charge in [0.15, 0.2) is 5.16 Å². The predicted molar refractivity (Wildman–Crippen MR) is 119 cm³/mol. The van der Waals surface area contributed by atoms with Crippen molar-refractivity contribution in [3.05, 3.63) is 64.5 Å². The van der Waals surface area contributed by atoms with Crippen LogP contribution in [-0.4, -0.2) is 44.4 Å². The number of benzene rings is 2. The number of nitro benzene ring substituents is 1. The molecule has 0 atom stereocenters. The van der Waals surface area contributed by atoms with Crippen molar-refractivity contribution < 1.29 is 19.2 Å². The summed E-state index contributed by atoms with van der Waals surface area (Å²) in [6.45, 7) is 0. The highest BCUT2D eigenvalue weighted by atomic mass is 32.2. The van der Waals surface area contributed by atoms with Crippen LogP contribution in [0, 0.1) is 10.1 Å². The van der Waals surface area contributed by atoms with Crippen molar-refractivity contribution in [1.29, 1.82) is 0 Å². The summed E-state index contributed by atoms with van der Waals surface area (Å²) >= 11 is 1.13. The minimum atomic E-state index is -0.532. The van der Waals surface area contributed by atoms with Crippen LogP contribution >= 0.6 is 11.8 Å². The van der Waals surface area contributed by atoms with Crippen LogP contribution in [0.1, 0.15) is 5.82 Å². The second-order valence-corrected chi connectivity index (χ2v) is 7.47. The number of nitro groups is 1. The lowest BCUT2D eigenvalue weighted by Crippen LogP contribution is -2.17. The van der Waals surface area contributed by atoms with E-state index >= 15 is 0 Å². The lowest BCUT2D eigenvalue weighted by Gasteiger charge is -2.09. The van der Waals surface area contributed by atoms with Gasteiger partial charge in [0, 0.05) is 24.9 Å². The van der Waals surface area contributed by atoms with Crippen LogP contribution < -0.4 is 15.4 Å². The number of non-ortho nitro benzene ring substituents is 1. The van der Waals surface area contributed by atoms with Gasteiger partial charge in [0.05, 0.1) is 29.9 Å². The number of methoxy groups -OCH3 is 1. The minimum absolute atomic E-state index is 0.0119. The van der Waals surface area contributed by atoms with E-state index in [1.54, 1.807) is 41.9 Å². The van der Waals surface area contributed by atoms with Gasteiger partial charge in [-0.2, -0.15) is 0 Å². The topological polar surface area (TPSA) is 141 Å². The molecule has 0 aliphatic carbocycles. The molecule has 11 nitrogen and oxygen atoms in total. The van der Waals surface area contributed by atoms with Crippen molar-refractivity contribution in [2.45, 2.75) is 11.6 Å². The summed E-state index contributed by atoms with van der Waals surface area (Å²) < 4.78 is 6.85. The first-order valence-corrected chi connectivity index (χ1v) is 10.3. The van der Waals surface area contributed by atoms with Crippen molar-refractivity contribution in [2.24, 2.45) is 7.05 Å². The number of para-hydroxylation sites is 2. The quantitative estimate of drug-likeness (QED) is 0.284. The first-order chi connectivity index (χ1) is 15.4. The average molecular weight is 456 g/mol. The maximum atomic E-state index is 12.4. The fourth-order valence-electron chi connectivity index (χ4n) is 2.74. The number of aromatic nitrogens is 3. The Morgan fingerprint density at radius 3 is 2.66 bits per heavy atom.